The van der Waals surface area contributed by atoms with Crippen molar-refractivity contribution in [1.82, 2.24) is 0 Å². The summed E-state index contributed by atoms with van der Waals surface area (Å²) >= 11 is 5.80. The number of aromatic hydroxyl groups is 1. The molecule has 0 aliphatic rings. The van der Waals surface area contributed by atoms with Crippen molar-refractivity contribution in [3.63, 3.8) is 0 Å². The third-order valence-electron chi connectivity index (χ3n) is 2.77. The second kappa shape index (κ2) is 6.26. The molecule has 2 aromatic carbocycles. The number of phenols is 1. The van der Waals surface area contributed by atoms with Crippen molar-refractivity contribution in [2.75, 3.05) is 7.11 Å². The zero-order chi connectivity index (χ0) is 14.5. The molecule has 4 heteroatoms. The van der Waals surface area contributed by atoms with Gasteiger partial charge in [0.25, 0.3) is 0 Å². The molecular weight excluding hydrogens is 276 g/mol. The van der Waals surface area contributed by atoms with E-state index in [0.29, 0.717) is 11.3 Å². The first kappa shape index (κ1) is 14.2. The van der Waals surface area contributed by atoms with Crippen LogP contribution in [-0.4, -0.2) is 18.0 Å². The third kappa shape index (κ3) is 3.39. The van der Waals surface area contributed by atoms with E-state index in [1.54, 1.807) is 49.6 Å². The van der Waals surface area contributed by atoms with Gasteiger partial charge in [0.15, 0.2) is 5.78 Å². The van der Waals surface area contributed by atoms with Crippen LogP contribution in [0.25, 0.3) is 6.08 Å². The fourth-order valence-electron chi connectivity index (χ4n) is 1.65. The highest BCUT2D eigenvalue weighted by Gasteiger charge is 2.02. The van der Waals surface area contributed by atoms with Crippen LogP contribution >= 0.6 is 11.6 Å². The van der Waals surface area contributed by atoms with Gasteiger partial charge in [0, 0.05) is 5.56 Å². The lowest BCUT2D eigenvalue weighted by atomic mass is 10.1. The van der Waals surface area contributed by atoms with E-state index in [1.807, 2.05) is 0 Å². The maximum Gasteiger partial charge on any atom is 0.185 e. The number of benzene rings is 2. The topological polar surface area (TPSA) is 46.5 Å². The second-order valence-corrected chi connectivity index (χ2v) is 4.54. The predicted molar refractivity (Wildman–Crippen MR) is 79.5 cm³/mol. The molecule has 0 heterocycles. The quantitative estimate of drug-likeness (QED) is 0.684. The van der Waals surface area contributed by atoms with Gasteiger partial charge in [-0.05, 0) is 48.0 Å². The Labute approximate surface area is 122 Å². The molecule has 20 heavy (non-hydrogen) atoms. The van der Waals surface area contributed by atoms with Crippen LogP contribution in [0.3, 0.4) is 0 Å². The number of hydrogen-bond donors (Lipinski definition) is 1. The van der Waals surface area contributed by atoms with E-state index in [2.05, 4.69) is 0 Å². The van der Waals surface area contributed by atoms with E-state index in [1.165, 1.54) is 12.1 Å². The smallest absolute Gasteiger partial charge is 0.185 e. The van der Waals surface area contributed by atoms with Crippen molar-refractivity contribution in [2.24, 2.45) is 0 Å². The highest BCUT2D eigenvalue weighted by atomic mass is 35.5. The molecule has 0 amide bonds. The summed E-state index contributed by atoms with van der Waals surface area (Å²) in [4.78, 5) is 12.0. The lowest BCUT2D eigenvalue weighted by Crippen LogP contribution is -1.94. The van der Waals surface area contributed by atoms with Crippen LogP contribution in [0.2, 0.25) is 5.02 Å². The van der Waals surface area contributed by atoms with Crippen molar-refractivity contribution in [3.8, 4) is 11.5 Å². The molecule has 0 radical (unpaired) electrons. The Kier molecular flexibility index (Phi) is 4.43. The van der Waals surface area contributed by atoms with Gasteiger partial charge >= 0.3 is 0 Å². The van der Waals surface area contributed by atoms with Gasteiger partial charge in [-0.1, -0.05) is 23.7 Å². The Morgan fingerprint density at radius 2 is 1.90 bits per heavy atom. The van der Waals surface area contributed by atoms with Crippen molar-refractivity contribution in [3.05, 3.63) is 64.7 Å². The maximum absolute atomic E-state index is 12.0. The summed E-state index contributed by atoms with van der Waals surface area (Å²) in [6.45, 7) is 0. The van der Waals surface area contributed by atoms with Gasteiger partial charge in [-0.2, -0.15) is 0 Å². The molecule has 2 rings (SSSR count). The van der Waals surface area contributed by atoms with Crippen molar-refractivity contribution in [2.45, 2.75) is 0 Å². The van der Waals surface area contributed by atoms with Gasteiger partial charge in [-0.3, -0.25) is 4.79 Å². The zero-order valence-electron chi connectivity index (χ0n) is 10.8. The number of halogens is 1. The molecule has 0 aliphatic carbocycles. The Bertz CT molecular complexity index is 645. The predicted octanol–water partition coefficient (Wildman–Crippen LogP) is 3.95. The van der Waals surface area contributed by atoms with E-state index in [-0.39, 0.29) is 16.6 Å². The molecule has 2 aromatic rings. The van der Waals surface area contributed by atoms with E-state index in [0.717, 1.165) is 5.56 Å². The first-order valence-corrected chi connectivity index (χ1v) is 6.33. The number of allylic oxidation sites excluding steroid dienone is 1. The van der Waals surface area contributed by atoms with Gasteiger partial charge in [-0.15, -0.1) is 0 Å². The molecule has 0 unspecified atom stereocenters. The van der Waals surface area contributed by atoms with Crippen LogP contribution in [0, 0.1) is 0 Å². The van der Waals surface area contributed by atoms with Crippen molar-refractivity contribution < 1.29 is 14.6 Å². The molecule has 3 nitrogen and oxygen atoms in total. The number of carbonyl (C=O) groups is 1. The van der Waals surface area contributed by atoms with Gasteiger partial charge in [-0.25, -0.2) is 0 Å². The molecule has 0 aromatic heterocycles. The highest BCUT2D eigenvalue weighted by Crippen LogP contribution is 2.24. The van der Waals surface area contributed by atoms with E-state index < -0.39 is 0 Å². The van der Waals surface area contributed by atoms with Gasteiger partial charge < -0.3 is 9.84 Å². The van der Waals surface area contributed by atoms with Crippen molar-refractivity contribution in [1.29, 1.82) is 0 Å². The molecule has 102 valence electrons. The lowest BCUT2D eigenvalue weighted by molar-refractivity contribution is 0.104. The van der Waals surface area contributed by atoms with Gasteiger partial charge in [0.2, 0.25) is 0 Å². The number of phenolic OH excluding ortho intramolecular Hbond substituents is 1. The van der Waals surface area contributed by atoms with Gasteiger partial charge in [0.05, 0.1) is 12.1 Å². The number of carbonyl (C=O) groups excluding carboxylic acids is 1. The number of hydrogen-bond acceptors (Lipinski definition) is 3. The summed E-state index contributed by atoms with van der Waals surface area (Å²) < 4.78 is 5.03. The van der Waals surface area contributed by atoms with Crippen LogP contribution < -0.4 is 4.74 Å². The molecule has 0 bridgehead atoms. The average molecular weight is 289 g/mol. The largest absolute Gasteiger partial charge is 0.506 e. The summed E-state index contributed by atoms with van der Waals surface area (Å²) in [6.07, 6.45) is 3.11. The average Bonchev–Trinajstić information content (AvgIpc) is 2.48. The number of rotatable bonds is 4. The first-order chi connectivity index (χ1) is 9.60. The molecule has 0 aliphatic heterocycles. The minimum absolute atomic E-state index is 0.0188. The highest BCUT2D eigenvalue weighted by molar-refractivity contribution is 6.32. The summed E-state index contributed by atoms with van der Waals surface area (Å²) in [5.41, 5.74) is 1.32. The maximum atomic E-state index is 12.0. The van der Waals surface area contributed by atoms with E-state index in [9.17, 15) is 9.90 Å². The molecule has 0 fully saturated rings. The standard InChI is InChI=1S/C16H13ClO3/c1-20-13-6-4-12(5-7-13)15(18)8-2-11-3-9-16(19)14(17)10-11/h2-10,19H,1H3. The molecule has 0 spiro atoms. The monoisotopic (exact) mass is 288 g/mol. The second-order valence-electron chi connectivity index (χ2n) is 4.14. The molecule has 0 saturated heterocycles. The Balaban J connectivity index is 2.13. The fourth-order valence-corrected chi connectivity index (χ4v) is 1.84. The molecule has 1 N–H and O–H groups in total. The molecular formula is C16H13ClO3. The first-order valence-electron chi connectivity index (χ1n) is 5.95. The molecule has 0 saturated carbocycles. The summed E-state index contributed by atoms with van der Waals surface area (Å²) in [6, 6.07) is 11.6. The van der Waals surface area contributed by atoms with Crippen molar-refractivity contribution >= 4 is 23.5 Å². The normalized spacial score (nSPS) is 10.7. The number of methoxy groups -OCH3 is 1. The van der Waals surface area contributed by atoms with Crippen LogP contribution in [0.15, 0.2) is 48.5 Å². The van der Waals surface area contributed by atoms with E-state index in [4.69, 9.17) is 16.3 Å². The number of ether oxygens (including phenoxy) is 1. The Hall–Kier alpha value is -2.26. The third-order valence-corrected chi connectivity index (χ3v) is 3.08. The SMILES string of the molecule is COc1ccc(C(=O)C=Cc2ccc(O)c(Cl)c2)cc1. The summed E-state index contributed by atoms with van der Waals surface area (Å²) in [5.74, 6) is 0.609. The minimum Gasteiger partial charge on any atom is -0.506 e. The Morgan fingerprint density at radius 3 is 2.50 bits per heavy atom. The fraction of sp³-hybridized carbons (Fsp3) is 0.0625. The number of ketones is 1. The zero-order valence-corrected chi connectivity index (χ0v) is 11.6. The minimum atomic E-state index is -0.114. The van der Waals surface area contributed by atoms with E-state index >= 15 is 0 Å². The summed E-state index contributed by atoms with van der Waals surface area (Å²) in [7, 11) is 1.57. The lowest BCUT2D eigenvalue weighted by Gasteiger charge is -2.00. The van der Waals surface area contributed by atoms with Gasteiger partial charge in [0.1, 0.15) is 11.5 Å². The Morgan fingerprint density at radius 1 is 1.20 bits per heavy atom. The van der Waals surface area contributed by atoms with Crippen LogP contribution in [0.1, 0.15) is 15.9 Å². The molecule has 0 atom stereocenters. The summed E-state index contributed by atoms with van der Waals surface area (Å²) in [5, 5.41) is 9.57. The van der Waals surface area contributed by atoms with Crippen LogP contribution in [0.4, 0.5) is 0 Å². The van der Waals surface area contributed by atoms with Crippen LogP contribution in [-0.2, 0) is 0 Å². The van der Waals surface area contributed by atoms with Crippen LogP contribution in [0.5, 0.6) is 11.5 Å².